The van der Waals surface area contributed by atoms with Crippen LogP contribution in [0.1, 0.15) is 10.4 Å². The molecule has 4 aromatic rings. The van der Waals surface area contributed by atoms with Crippen LogP contribution in [0.25, 0.3) is 21.0 Å². The average Bonchev–Trinajstić information content (AvgIpc) is 3.00. The molecule has 0 fully saturated rings. The number of benzene rings is 3. The van der Waals surface area contributed by atoms with Gasteiger partial charge in [-0.3, -0.25) is 4.79 Å². The Morgan fingerprint density at radius 2 is 1.70 bits per heavy atom. The van der Waals surface area contributed by atoms with Gasteiger partial charge in [0.05, 0.1) is 24.4 Å². The summed E-state index contributed by atoms with van der Waals surface area (Å²) in [4.78, 5) is 17.9. The van der Waals surface area contributed by atoms with Gasteiger partial charge in [-0.05, 0) is 16.8 Å². The van der Waals surface area contributed by atoms with Crippen molar-refractivity contribution < 1.29 is 14.3 Å². The number of nitrogens with zero attached hydrogens (tertiary/aromatic N) is 2. The van der Waals surface area contributed by atoms with E-state index in [-0.39, 0.29) is 5.91 Å². The van der Waals surface area contributed by atoms with Crippen LogP contribution in [0, 0.1) is 0 Å². The first-order chi connectivity index (χ1) is 13.1. The third-order valence-corrected chi connectivity index (χ3v) is 5.63. The molecule has 3 aromatic carbocycles. The van der Waals surface area contributed by atoms with Gasteiger partial charge in [0.1, 0.15) is 0 Å². The van der Waals surface area contributed by atoms with Crippen molar-refractivity contribution in [3.8, 4) is 11.5 Å². The molecule has 0 aliphatic rings. The van der Waals surface area contributed by atoms with E-state index in [1.165, 1.54) is 11.3 Å². The minimum absolute atomic E-state index is 0.257. The van der Waals surface area contributed by atoms with Crippen LogP contribution in [0.2, 0.25) is 0 Å². The molecule has 27 heavy (non-hydrogen) atoms. The molecule has 0 spiro atoms. The molecule has 0 saturated heterocycles. The van der Waals surface area contributed by atoms with E-state index in [2.05, 4.69) is 4.99 Å². The Morgan fingerprint density at radius 1 is 1.00 bits per heavy atom. The molecule has 0 bridgehead atoms. The zero-order valence-electron chi connectivity index (χ0n) is 15.2. The number of carbonyl (C=O) groups is 1. The van der Waals surface area contributed by atoms with E-state index in [4.69, 9.17) is 9.47 Å². The van der Waals surface area contributed by atoms with Crippen LogP contribution in [0.3, 0.4) is 0 Å². The second-order valence-corrected chi connectivity index (χ2v) is 7.07. The number of methoxy groups -OCH3 is 2. The first-order valence-electron chi connectivity index (χ1n) is 8.40. The predicted octanol–water partition coefficient (Wildman–Crippen LogP) is 4.15. The van der Waals surface area contributed by atoms with E-state index in [1.807, 2.05) is 66.2 Å². The quantitative estimate of drug-likeness (QED) is 0.538. The highest BCUT2D eigenvalue weighted by atomic mass is 32.1. The molecule has 0 unspecified atom stereocenters. The van der Waals surface area contributed by atoms with Crippen LogP contribution < -0.4 is 14.3 Å². The van der Waals surface area contributed by atoms with Crippen molar-refractivity contribution in [3.05, 3.63) is 65.0 Å². The fraction of sp³-hybridized carbons (Fsp3) is 0.143. The highest BCUT2D eigenvalue weighted by Gasteiger charge is 2.13. The summed E-state index contributed by atoms with van der Waals surface area (Å²) >= 11 is 1.44. The van der Waals surface area contributed by atoms with Gasteiger partial charge in [0.25, 0.3) is 5.91 Å². The van der Waals surface area contributed by atoms with E-state index in [0.29, 0.717) is 21.9 Å². The second-order valence-electron chi connectivity index (χ2n) is 6.06. The zero-order chi connectivity index (χ0) is 19.0. The normalized spacial score (nSPS) is 11.9. The van der Waals surface area contributed by atoms with Crippen molar-refractivity contribution in [2.45, 2.75) is 0 Å². The Morgan fingerprint density at radius 3 is 2.48 bits per heavy atom. The van der Waals surface area contributed by atoms with Crippen LogP contribution in [-0.2, 0) is 7.05 Å². The minimum Gasteiger partial charge on any atom is -0.493 e. The molecule has 6 heteroatoms. The molecule has 1 aromatic heterocycles. The summed E-state index contributed by atoms with van der Waals surface area (Å²) in [5.74, 6) is 1.04. The molecule has 1 amide bonds. The number of hydrogen-bond acceptors (Lipinski definition) is 4. The molecule has 136 valence electrons. The molecule has 0 aliphatic heterocycles. The molecule has 0 atom stereocenters. The van der Waals surface area contributed by atoms with E-state index >= 15 is 0 Å². The van der Waals surface area contributed by atoms with Crippen molar-refractivity contribution in [1.82, 2.24) is 4.57 Å². The highest BCUT2D eigenvalue weighted by Crippen LogP contribution is 2.33. The van der Waals surface area contributed by atoms with Crippen molar-refractivity contribution in [2.75, 3.05) is 14.2 Å². The lowest BCUT2D eigenvalue weighted by Gasteiger charge is -2.07. The Hall–Kier alpha value is -3.12. The summed E-state index contributed by atoms with van der Waals surface area (Å²) in [5.41, 5.74) is 1.53. The number of fused-ring (bicyclic) bond motifs is 2. The third kappa shape index (κ3) is 2.98. The van der Waals surface area contributed by atoms with Gasteiger partial charge in [-0.1, -0.05) is 47.7 Å². The maximum atomic E-state index is 12.9. The molecule has 0 aliphatic carbocycles. The van der Waals surface area contributed by atoms with Crippen molar-refractivity contribution in [1.29, 1.82) is 0 Å². The Labute approximate surface area is 160 Å². The fourth-order valence-corrected chi connectivity index (χ4v) is 4.15. The summed E-state index contributed by atoms with van der Waals surface area (Å²) in [6.45, 7) is 0. The van der Waals surface area contributed by atoms with Crippen LogP contribution >= 0.6 is 11.3 Å². The number of thiazole rings is 1. The highest BCUT2D eigenvalue weighted by molar-refractivity contribution is 7.16. The number of ether oxygens (including phenoxy) is 2. The molecule has 1 heterocycles. The average molecular weight is 378 g/mol. The van der Waals surface area contributed by atoms with Gasteiger partial charge < -0.3 is 14.0 Å². The number of hydrogen-bond donors (Lipinski definition) is 0. The molecular formula is C21H18N2O3S. The number of rotatable bonds is 3. The van der Waals surface area contributed by atoms with Crippen molar-refractivity contribution >= 4 is 38.2 Å². The Bertz CT molecular complexity index is 1230. The van der Waals surface area contributed by atoms with E-state index in [9.17, 15) is 4.79 Å². The van der Waals surface area contributed by atoms with Crippen LogP contribution in [0.15, 0.2) is 59.6 Å². The Kier molecular flexibility index (Phi) is 4.41. The second kappa shape index (κ2) is 6.89. The summed E-state index contributed by atoms with van der Waals surface area (Å²) in [6, 6.07) is 17.3. The predicted molar refractivity (Wildman–Crippen MR) is 108 cm³/mol. The standard InChI is InChI=1S/C21H18N2O3S/c1-23-16-11-17(25-2)18(26-3)12-19(16)27-21(23)22-20(24)15-10-6-8-13-7-4-5-9-14(13)15/h4-12H,1-3H3. The topological polar surface area (TPSA) is 52.8 Å². The maximum Gasteiger partial charge on any atom is 0.280 e. The molecule has 4 rings (SSSR count). The number of aromatic nitrogens is 1. The maximum absolute atomic E-state index is 12.9. The molecule has 5 nitrogen and oxygen atoms in total. The molecule has 0 radical (unpaired) electrons. The van der Waals surface area contributed by atoms with Gasteiger partial charge in [0.15, 0.2) is 16.3 Å². The lowest BCUT2D eigenvalue weighted by molar-refractivity contribution is 0.0999. The van der Waals surface area contributed by atoms with Crippen molar-refractivity contribution in [2.24, 2.45) is 12.0 Å². The zero-order valence-corrected chi connectivity index (χ0v) is 16.0. The molecular weight excluding hydrogens is 360 g/mol. The largest absolute Gasteiger partial charge is 0.493 e. The van der Waals surface area contributed by atoms with E-state index in [1.54, 1.807) is 14.2 Å². The van der Waals surface area contributed by atoms with E-state index < -0.39 is 0 Å². The number of amides is 1. The Balaban J connectivity index is 1.87. The van der Waals surface area contributed by atoms with Crippen LogP contribution in [0.4, 0.5) is 0 Å². The smallest absolute Gasteiger partial charge is 0.280 e. The summed E-state index contributed by atoms with van der Waals surface area (Å²) in [7, 11) is 5.10. The minimum atomic E-state index is -0.257. The van der Waals surface area contributed by atoms with Gasteiger partial charge >= 0.3 is 0 Å². The first-order valence-corrected chi connectivity index (χ1v) is 9.22. The monoisotopic (exact) mass is 378 g/mol. The van der Waals surface area contributed by atoms with E-state index in [0.717, 1.165) is 21.0 Å². The molecule has 0 N–H and O–H groups in total. The lowest BCUT2D eigenvalue weighted by atomic mass is 10.0. The van der Waals surface area contributed by atoms with Gasteiger partial charge in [-0.2, -0.15) is 4.99 Å². The lowest BCUT2D eigenvalue weighted by Crippen LogP contribution is -2.13. The first kappa shape index (κ1) is 17.3. The van der Waals surface area contributed by atoms with Gasteiger partial charge in [0.2, 0.25) is 0 Å². The van der Waals surface area contributed by atoms with Gasteiger partial charge in [0, 0.05) is 24.7 Å². The number of carbonyl (C=O) groups excluding carboxylic acids is 1. The summed E-state index contributed by atoms with van der Waals surface area (Å²) in [6.07, 6.45) is 0. The van der Waals surface area contributed by atoms with Crippen molar-refractivity contribution in [3.63, 3.8) is 0 Å². The van der Waals surface area contributed by atoms with Gasteiger partial charge in [-0.15, -0.1) is 0 Å². The SMILES string of the molecule is COc1cc2sc(=NC(=O)c3cccc4ccccc34)n(C)c2cc1OC. The summed E-state index contributed by atoms with van der Waals surface area (Å²) in [5, 5.41) is 1.93. The van der Waals surface area contributed by atoms with Crippen LogP contribution in [-0.4, -0.2) is 24.7 Å². The third-order valence-electron chi connectivity index (χ3n) is 4.53. The van der Waals surface area contributed by atoms with Crippen LogP contribution in [0.5, 0.6) is 11.5 Å². The molecule has 0 saturated carbocycles. The number of aryl methyl sites for hydroxylation is 1. The summed E-state index contributed by atoms with van der Waals surface area (Å²) < 4.78 is 13.6. The fourth-order valence-electron chi connectivity index (χ4n) is 3.12. The van der Waals surface area contributed by atoms with Gasteiger partial charge in [-0.25, -0.2) is 0 Å².